The van der Waals surface area contributed by atoms with E-state index >= 15 is 4.79 Å². The second-order valence-corrected chi connectivity index (χ2v) is 21.7. The normalized spacial score (nSPS) is 15.1. The Morgan fingerprint density at radius 1 is 0.714 bits per heavy atom. The molecule has 0 saturated carbocycles. The minimum absolute atomic E-state index is 0.0569. The van der Waals surface area contributed by atoms with Crippen LogP contribution in [0.1, 0.15) is 44.6 Å². The van der Waals surface area contributed by atoms with E-state index < -0.39 is 40.3 Å². The number of nitrogens with zero attached hydrogens (tertiary/aromatic N) is 6. The number of β-lactam (4-membered cyclic amide) rings is 1. The summed E-state index contributed by atoms with van der Waals surface area (Å²) in [5, 5.41) is 21.0. The molecule has 4 N–H and O–H groups in total. The number of aromatic nitrogens is 4. The molecule has 0 spiro atoms. The van der Waals surface area contributed by atoms with Gasteiger partial charge in [0.1, 0.15) is 40.7 Å². The first kappa shape index (κ1) is 54.4. The summed E-state index contributed by atoms with van der Waals surface area (Å²) in [4.78, 5) is 58.5. The maximum Gasteiger partial charge on any atom is 0.355 e. The number of esters is 1. The van der Waals surface area contributed by atoms with Gasteiger partial charge in [-0.2, -0.15) is 0 Å². The lowest BCUT2D eigenvalue weighted by molar-refractivity contribution is -0.689. The van der Waals surface area contributed by atoms with E-state index in [1.54, 1.807) is 61.3 Å². The van der Waals surface area contributed by atoms with Crippen LogP contribution < -0.4 is 25.7 Å². The third-order valence-corrected chi connectivity index (χ3v) is 16.8. The number of benzene rings is 7. The van der Waals surface area contributed by atoms with Gasteiger partial charge in [-0.25, -0.2) is 14.3 Å². The number of hydrogen-bond donors (Lipinski definition) is 3. The minimum atomic E-state index is -1.39. The van der Waals surface area contributed by atoms with Crippen LogP contribution in [0.4, 0.5) is 11.1 Å². The number of methoxy groups -OCH3 is 1. The van der Waals surface area contributed by atoms with Gasteiger partial charge >= 0.3 is 12.0 Å². The lowest BCUT2D eigenvalue weighted by Gasteiger charge is -2.49. The number of fused-ring (bicyclic) bond motifs is 1. The number of carbonyl (C=O) groups is 3. The maximum absolute atomic E-state index is 15.5. The lowest BCUT2D eigenvalue weighted by atomic mass is 9.77. The van der Waals surface area contributed by atoms with Crippen molar-refractivity contribution in [3.05, 3.63) is 292 Å². The average molecular weight is 1150 g/mol. The fourth-order valence-electron chi connectivity index (χ4n) is 10.6. The lowest BCUT2D eigenvalue weighted by Crippen LogP contribution is -2.71. The van der Waals surface area contributed by atoms with Gasteiger partial charge in [0.15, 0.2) is 29.8 Å². The SMILES string of the molecule is COc1ccc(COC(=O)C2=C(C[n+]3ccc(-c4nnc(N)o4)cc3)CS[C@H]3[C@H](NC(=O)C(=NOC(c4ccccc4)(c4ccccc4)c4ccccc4)c4csc(NC(c5ccccc5)(c5ccccc5)c5ccccc5)n4)C(=O)N23)cc1. The Morgan fingerprint density at radius 3 is 1.74 bits per heavy atom. The summed E-state index contributed by atoms with van der Waals surface area (Å²) in [5.41, 5.74) is 10.5. The van der Waals surface area contributed by atoms with Crippen molar-refractivity contribution in [3.63, 3.8) is 0 Å². The maximum atomic E-state index is 15.5. The van der Waals surface area contributed by atoms with Gasteiger partial charge in [-0.05, 0) is 34.4 Å². The Labute approximate surface area is 492 Å². The Morgan fingerprint density at radius 2 is 1.24 bits per heavy atom. The van der Waals surface area contributed by atoms with E-state index in [-0.39, 0.29) is 42.2 Å². The molecule has 2 amide bonds. The van der Waals surface area contributed by atoms with Gasteiger partial charge < -0.3 is 35.1 Å². The zero-order valence-corrected chi connectivity index (χ0v) is 46.9. The first-order valence-corrected chi connectivity index (χ1v) is 28.8. The molecule has 0 aliphatic carbocycles. The van der Waals surface area contributed by atoms with Crippen molar-refractivity contribution in [3.8, 4) is 17.2 Å². The second-order valence-electron chi connectivity index (χ2n) is 19.8. The smallest absolute Gasteiger partial charge is 0.355 e. The van der Waals surface area contributed by atoms with Crippen molar-refractivity contribution in [2.24, 2.45) is 5.16 Å². The van der Waals surface area contributed by atoms with Crippen LogP contribution in [0.2, 0.25) is 0 Å². The third-order valence-electron chi connectivity index (χ3n) is 14.7. The van der Waals surface area contributed by atoms with Gasteiger partial charge in [0, 0.05) is 45.5 Å². The highest BCUT2D eigenvalue weighted by atomic mass is 32.2. The van der Waals surface area contributed by atoms with Crippen LogP contribution in [0.15, 0.2) is 257 Å². The van der Waals surface area contributed by atoms with Crippen molar-refractivity contribution in [1.29, 1.82) is 0 Å². The van der Waals surface area contributed by atoms with E-state index in [4.69, 9.17) is 34.6 Å². The molecule has 10 aromatic rings. The van der Waals surface area contributed by atoms with Crippen LogP contribution in [0.25, 0.3) is 11.5 Å². The first-order chi connectivity index (χ1) is 41.2. The molecule has 5 heterocycles. The molecule has 0 bridgehead atoms. The molecule has 18 heteroatoms. The number of oxime groups is 1. The first-order valence-electron chi connectivity index (χ1n) is 26.9. The van der Waals surface area contributed by atoms with Gasteiger partial charge in [-0.1, -0.05) is 204 Å². The predicted molar refractivity (Wildman–Crippen MR) is 321 cm³/mol. The topological polar surface area (TPSA) is 200 Å². The average Bonchev–Trinajstić information content (AvgIpc) is 4.32. The summed E-state index contributed by atoms with van der Waals surface area (Å²) >= 11 is 2.71. The Hall–Kier alpha value is -10.2. The van der Waals surface area contributed by atoms with Crippen LogP contribution in [0.3, 0.4) is 0 Å². The number of hydrogen-bond acceptors (Lipinski definition) is 15. The highest BCUT2D eigenvalue weighted by Gasteiger charge is 2.55. The summed E-state index contributed by atoms with van der Waals surface area (Å²) in [7, 11) is 1.57. The molecule has 3 aromatic heterocycles. The Kier molecular flexibility index (Phi) is 15.6. The third kappa shape index (κ3) is 10.8. The molecular weight excluding hydrogens is 1090 g/mol. The number of rotatable bonds is 20. The zero-order valence-electron chi connectivity index (χ0n) is 45.2. The largest absolute Gasteiger partial charge is 0.497 e. The van der Waals surface area contributed by atoms with Crippen molar-refractivity contribution in [2.45, 2.75) is 35.7 Å². The highest BCUT2D eigenvalue weighted by molar-refractivity contribution is 8.00. The molecule has 416 valence electrons. The zero-order chi connectivity index (χ0) is 57.5. The van der Waals surface area contributed by atoms with Crippen LogP contribution in [-0.4, -0.2) is 67.9 Å². The number of amides is 2. The molecule has 2 aliphatic rings. The molecule has 84 heavy (non-hydrogen) atoms. The van der Waals surface area contributed by atoms with Crippen LogP contribution >= 0.6 is 23.1 Å². The van der Waals surface area contributed by atoms with Crippen molar-refractivity contribution < 1.29 is 37.7 Å². The number of nitrogen functional groups attached to an aromatic ring is 1. The van der Waals surface area contributed by atoms with E-state index in [1.807, 2.05) is 150 Å². The molecule has 2 atom stereocenters. The molecule has 2 aliphatic heterocycles. The summed E-state index contributed by atoms with van der Waals surface area (Å²) in [6, 6.07) is 69.1. The molecule has 0 radical (unpaired) electrons. The number of anilines is 2. The highest BCUT2D eigenvalue weighted by Crippen LogP contribution is 2.44. The number of nitrogens with one attached hydrogen (secondary N) is 2. The number of carbonyl (C=O) groups excluding carboxylic acids is 3. The van der Waals surface area contributed by atoms with Gasteiger partial charge in [-0.15, -0.1) is 28.2 Å². The monoisotopic (exact) mass is 1150 g/mol. The number of pyridine rings is 1. The molecular formula is C66H54N9O7S2+. The van der Waals surface area contributed by atoms with E-state index in [0.29, 0.717) is 27.8 Å². The van der Waals surface area contributed by atoms with Crippen molar-refractivity contribution >= 4 is 57.7 Å². The van der Waals surface area contributed by atoms with E-state index in [2.05, 4.69) is 57.2 Å². The fourth-order valence-corrected chi connectivity index (χ4v) is 12.7. The van der Waals surface area contributed by atoms with Crippen molar-refractivity contribution in [1.82, 2.24) is 25.4 Å². The predicted octanol–water partition coefficient (Wildman–Crippen LogP) is 10.3. The van der Waals surface area contributed by atoms with Crippen LogP contribution in [0.5, 0.6) is 5.75 Å². The summed E-state index contributed by atoms with van der Waals surface area (Å²) in [6.07, 6.45) is 3.60. The molecule has 1 saturated heterocycles. The molecule has 16 nitrogen and oxygen atoms in total. The fraction of sp³-hybridized carbons (Fsp3) is 0.121. The quantitative estimate of drug-likeness (QED) is 0.0163. The van der Waals surface area contributed by atoms with E-state index in [1.165, 1.54) is 28.0 Å². The number of nitrogens with two attached hydrogens (primary N) is 1. The summed E-state index contributed by atoms with van der Waals surface area (Å²) < 4.78 is 18.6. The molecule has 7 aromatic carbocycles. The Balaban J connectivity index is 0.917. The van der Waals surface area contributed by atoms with Gasteiger partial charge in [-0.3, -0.25) is 14.5 Å². The van der Waals surface area contributed by atoms with Gasteiger partial charge in [0.05, 0.1) is 12.7 Å². The van der Waals surface area contributed by atoms with Crippen LogP contribution in [-0.2, 0) is 48.2 Å². The Bertz CT molecular complexity index is 3790. The summed E-state index contributed by atoms with van der Waals surface area (Å²) in [5.74, 6) is -0.729. The molecule has 12 rings (SSSR count). The van der Waals surface area contributed by atoms with E-state index in [0.717, 1.165) is 38.9 Å². The minimum Gasteiger partial charge on any atom is -0.497 e. The molecule has 0 unspecified atom stereocenters. The number of thioether (sulfide) groups is 1. The van der Waals surface area contributed by atoms with Crippen molar-refractivity contribution in [2.75, 3.05) is 23.9 Å². The molecule has 1 fully saturated rings. The number of ether oxygens (including phenoxy) is 2. The summed E-state index contributed by atoms with van der Waals surface area (Å²) in [6.45, 7) is 0.152. The van der Waals surface area contributed by atoms with Gasteiger partial charge in [0.2, 0.25) is 11.5 Å². The number of thiazole rings is 1. The van der Waals surface area contributed by atoms with Crippen LogP contribution in [0, 0.1) is 0 Å². The van der Waals surface area contributed by atoms with Gasteiger partial charge in [0.25, 0.3) is 11.8 Å². The standard InChI is InChI=1S/C66H53N9O7S2/c1-79-53-34-32-44(33-35-53)41-80-62(78)57-46(40-74-38-36-45(37-39-74)59-71-72-63(67)81-59)42-83-61-56(60(77)75(57)61)69-58(76)55(73-82-66(50-26-14-5-15-27-50,51-28-16-6-17-29-51)52-30-18-7-19-31-52)54-43-84-64(68-54)70-65(47-20-8-2-9-21-47,48-22-10-3-11-23-48)49-24-12-4-13-25-49/h2-39,43,56,61,67H,40-42H2,1H3,(H2,68,69,70,76)/p+1/t56-,61+/m1/s1. The van der Waals surface area contributed by atoms with E-state index in [9.17, 15) is 9.59 Å². The second kappa shape index (κ2) is 24.1.